The highest BCUT2D eigenvalue weighted by Gasteiger charge is 2.26. The first-order valence-electron chi connectivity index (χ1n) is 6.01. The summed E-state index contributed by atoms with van der Waals surface area (Å²) in [6.45, 7) is 7.45. The fraction of sp³-hybridized carbons (Fsp3) is 0.917. The zero-order valence-corrected chi connectivity index (χ0v) is 10.7. The van der Waals surface area contributed by atoms with Crippen molar-refractivity contribution in [1.82, 2.24) is 4.90 Å². The van der Waals surface area contributed by atoms with Gasteiger partial charge in [-0.2, -0.15) is 0 Å². The van der Waals surface area contributed by atoms with Crippen LogP contribution in [0.2, 0.25) is 0 Å². The Morgan fingerprint density at radius 1 is 1.25 bits per heavy atom. The fourth-order valence-corrected chi connectivity index (χ4v) is 1.96. The summed E-state index contributed by atoms with van der Waals surface area (Å²) in [6, 6.07) is 0. The van der Waals surface area contributed by atoms with Gasteiger partial charge in [-0.3, -0.25) is 4.79 Å². The molecule has 1 atom stereocenters. The van der Waals surface area contributed by atoms with Gasteiger partial charge in [-0.25, -0.2) is 0 Å². The second-order valence-corrected chi connectivity index (χ2v) is 4.59. The van der Waals surface area contributed by atoms with Crippen LogP contribution in [0.4, 0.5) is 0 Å². The molecular formula is C12H23NO3. The highest BCUT2D eigenvalue weighted by molar-refractivity contribution is 5.80. The standard InChI is InChI=1S/C12H23NO3/c1-9(2)16-11-5-7-13(8-6-11)12(14)10(3)15-4/h9-11H,5-8H2,1-4H3/t10-/m0/s1. The molecule has 1 amide bonds. The van der Waals surface area contributed by atoms with E-state index in [1.807, 2.05) is 18.7 Å². The molecule has 1 fully saturated rings. The Morgan fingerprint density at radius 3 is 2.25 bits per heavy atom. The maximum atomic E-state index is 11.8. The van der Waals surface area contributed by atoms with Crippen molar-refractivity contribution in [1.29, 1.82) is 0 Å². The van der Waals surface area contributed by atoms with Gasteiger partial charge in [0.25, 0.3) is 5.91 Å². The number of carbonyl (C=O) groups is 1. The molecule has 0 aromatic carbocycles. The van der Waals surface area contributed by atoms with Crippen LogP contribution in [0.25, 0.3) is 0 Å². The summed E-state index contributed by atoms with van der Waals surface area (Å²) < 4.78 is 10.8. The first-order valence-corrected chi connectivity index (χ1v) is 6.01. The average molecular weight is 229 g/mol. The number of hydrogen-bond acceptors (Lipinski definition) is 3. The van der Waals surface area contributed by atoms with E-state index in [-0.39, 0.29) is 18.1 Å². The monoisotopic (exact) mass is 229 g/mol. The van der Waals surface area contributed by atoms with Crippen LogP contribution in [0.15, 0.2) is 0 Å². The minimum Gasteiger partial charge on any atom is -0.375 e. The van der Waals surface area contributed by atoms with Crippen LogP contribution in [0.1, 0.15) is 33.6 Å². The van der Waals surface area contributed by atoms with Gasteiger partial charge in [0.2, 0.25) is 0 Å². The Bertz CT molecular complexity index is 222. The maximum Gasteiger partial charge on any atom is 0.251 e. The van der Waals surface area contributed by atoms with Gasteiger partial charge in [0.1, 0.15) is 6.10 Å². The molecule has 1 rings (SSSR count). The number of ether oxygens (including phenoxy) is 2. The third-order valence-electron chi connectivity index (χ3n) is 2.92. The van der Waals surface area contributed by atoms with Crippen LogP contribution in [0, 0.1) is 0 Å². The topological polar surface area (TPSA) is 38.8 Å². The van der Waals surface area contributed by atoms with Gasteiger partial charge >= 0.3 is 0 Å². The van der Waals surface area contributed by atoms with E-state index in [4.69, 9.17) is 9.47 Å². The highest BCUT2D eigenvalue weighted by atomic mass is 16.5. The SMILES string of the molecule is CO[C@@H](C)C(=O)N1CCC(OC(C)C)CC1. The second kappa shape index (κ2) is 6.21. The lowest BCUT2D eigenvalue weighted by Crippen LogP contribution is -2.45. The molecule has 1 saturated heterocycles. The molecule has 16 heavy (non-hydrogen) atoms. The minimum absolute atomic E-state index is 0.0884. The van der Waals surface area contributed by atoms with Crippen LogP contribution in [0.3, 0.4) is 0 Å². The molecule has 94 valence electrons. The number of amides is 1. The molecule has 1 heterocycles. The quantitative estimate of drug-likeness (QED) is 0.732. The van der Waals surface area contributed by atoms with E-state index in [1.54, 1.807) is 14.0 Å². The van der Waals surface area contributed by atoms with Crippen LogP contribution in [0.5, 0.6) is 0 Å². The van der Waals surface area contributed by atoms with E-state index in [1.165, 1.54) is 0 Å². The van der Waals surface area contributed by atoms with Crippen molar-refractivity contribution >= 4 is 5.91 Å². The van der Waals surface area contributed by atoms with Crippen molar-refractivity contribution in [2.75, 3.05) is 20.2 Å². The number of likely N-dealkylation sites (tertiary alicyclic amines) is 1. The van der Waals surface area contributed by atoms with Gasteiger partial charge in [-0.05, 0) is 33.6 Å². The Morgan fingerprint density at radius 2 is 1.81 bits per heavy atom. The largest absolute Gasteiger partial charge is 0.375 e. The molecular weight excluding hydrogens is 206 g/mol. The molecule has 1 aliphatic rings. The van der Waals surface area contributed by atoms with E-state index < -0.39 is 0 Å². The number of hydrogen-bond donors (Lipinski definition) is 0. The summed E-state index contributed by atoms with van der Waals surface area (Å²) in [5.74, 6) is 0.0884. The van der Waals surface area contributed by atoms with Crippen LogP contribution in [-0.2, 0) is 14.3 Å². The number of nitrogens with zero attached hydrogens (tertiary/aromatic N) is 1. The van der Waals surface area contributed by atoms with Crippen LogP contribution < -0.4 is 0 Å². The molecule has 0 unspecified atom stereocenters. The second-order valence-electron chi connectivity index (χ2n) is 4.59. The number of carbonyl (C=O) groups excluding carboxylic acids is 1. The first-order chi connectivity index (χ1) is 7.54. The lowest BCUT2D eigenvalue weighted by atomic mass is 10.1. The van der Waals surface area contributed by atoms with Crippen molar-refractivity contribution in [3.8, 4) is 0 Å². The van der Waals surface area contributed by atoms with Crippen molar-refractivity contribution in [2.24, 2.45) is 0 Å². The summed E-state index contributed by atoms with van der Waals surface area (Å²) in [7, 11) is 1.57. The summed E-state index contributed by atoms with van der Waals surface area (Å²) in [4.78, 5) is 13.7. The molecule has 0 aromatic heterocycles. The van der Waals surface area contributed by atoms with E-state index in [9.17, 15) is 4.79 Å². The van der Waals surface area contributed by atoms with Crippen LogP contribution in [-0.4, -0.2) is 49.3 Å². The molecule has 0 saturated carbocycles. The van der Waals surface area contributed by atoms with Crippen molar-refractivity contribution in [3.05, 3.63) is 0 Å². The molecule has 4 nitrogen and oxygen atoms in total. The van der Waals surface area contributed by atoms with E-state index >= 15 is 0 Å². The number of methoxy groups -OCH3 is 1. The zero-order chi connectivity index (χ0) is 12.1. The van der Waals surface area contributed by atoms with Gasteiger partial charge < -0.3 is 14.4 Å². The first kappa shape index (κ1) is 13.5. The Kier molecular flexibility index (Phi) is 5.22. The maximum absolute atomic E-state index is 11.8. The molecule has 0 bridgehead atoms. The molecule has 0 radical (unpaired) electrons. The van der Waals surface area contributed by atoms with Gasteiger partial charge in [-0.1, -0.05) is 0 Å². The smallest absolute Gasteiger partial charge is 0.251 e. The van der Waals surface area contributed by atoms with E-state index in [2.05, 4.69) is 0 Å². The number of rotatable bonds is 4. The highest BCUT2D eigenvalue weighted by Crippen LogP contribution is 2.16. The van der Waals surface area contributed by atoms with Crippen molar-refractivity contribution in [3.63, 3.8) is 0 Å². The van der Waals surface area contributed by atoms with Gasteiger partial charge in [0.15, 0.2) is 0 Å². The predicted octanol–water partition coefficient (Wildman–Crippen LogP) is 1.44. The average Bonchev–Trinajstić information content (AvgIpc) is 2.27. The fourth-order valence-electron chi connectivity index (χ4n) is 1.96. The van der Waals surface area contributed by atoms with Crippen LogP contribution >= 0.6 is 0 Å². The summed E-state index contributed by atoms with van der Waals surface area (Å²) in [5.41, 5.74) is 0. The lowest BCUT2D eigenvalue weighted by molar-refractivity contribution is -0.144. The van der Waals surface area contributed by atoms with E-state index in [0.717, 1.165) is 25.9 Å². The third kappa shape index (κ3) is 3.76. The molecule has 0 aromatic rings. The minimum atomic E-state index is -0.331. The summed E-state index contributed by atoms with van der Waals surface area (Å²) in [6.07, 6.45) is 2.11. The van der Waals surface area contributed by atoms with Gasteiger partial charge in [-0.15, -0.1) is 0 Å². The molecule has 0 N–H and O–H groups in total. The summed E-state index contributed by atoms with van der Waals surface area (Å²) >= 11 is 0. The van der Waals surface area contributed by atoms with Crippen molar-refractivity contribution in [2.45, 2.75) is 51.9 Å². The summed E-state index contributed by atoms with van der Waals surface area (Å²) in [5, 5.41) is 0. The Labute approximate surface area is 97.9 Å². The normalized spacial score (nSPS) is 20.2. The Hall–Kier alpha value is -0.610. The zero-order valence-electron chi connectivity index (χ0n) is 10.7. The van der Waals surface area contributed by atoms with Gasteiger partial charge in [0, 0.05) is 20.2 Å². The Balaban J connectivity index is 2.34. The number of piperidine rings is 1. The molecule has 1 aliphatic heterocycles. The van der Waals surface area contributed by atoms with Crippen molar-refractivity contribution < 1.29 is 14.3 Å². The predicted molar refractivity (Wildman–Crippen MR) is 62.3 cm³/mol. The van der Waals surface area contributed by atoms with Gasteiger partial charge in [0.05, 0.1) is 12.2 Å². The third-order valence-corrected chi connectivity index (χ3v) is 2.92. The lowest BCUT2D eigenvalue weighted by Gasteiger charge is -2.33. The van der Waals surface area contributed by atoms with E-state index in [0.29, 0.717) is 6.10 Å². The molecule has 4 heteroatoms. The molecule has 0 aliphatic carbocycles. The molecule has 0 spiro atoms.